The third-order valence-corrected chi connectivity index (χ3v) is 4.81. The highest BCUT2D eigenvalue weighted by Gasteiger charge is 2.12. The largest absolute Gasteiger partial charge is 0.494 e. The second kappa shape index (κ2) is 8.09. The molecule has 0 saturated carbocycles. The standard InChI is InChI=1S/C20H18N4O2S/c1-2-25-17-10-8-15(9-11-17)19-22-18(26-23-19)14-27-20-21-12-13-24(20)16-6-4-3-5-7-16/h3-13H,2,14H2,1H3. The van der Waals surface area contributed by atoms with Crippen LogP contribution < -0.4 is 4.74 Å². The SMILES string of the molecule is CCOc1ccc(-c2noc(CSc3nccn3-c3ccccc3)n2)cc1. The molecular weight excluding hydrogens is 360 g/mol. The lowest BCUT2D eigenvalue weighted by Crippen LogP contribution is -1.95. The number of hydrogen-bond acceptors (Lipinski definition) is 6. The van der Waals surface area contributed by atoms with Crippen LogP contribution in [0.1, 0.15) is 12.8 Å². The lowest BCUT2D eigenvalue weighted by atomic mass is 10.2. The van der Waals surface area contributed by atoms with Crippen molar-refractivity contribution in [1.82, 2.24) is 19.7 Å². The molecule has 2 aromatic carbocycles. The van der Waals surface area contributed by atoms with Crippen LogP contribution in [0.15, 0.2) is 76.7 Å². The Morgan fingerprint density at radius 2 is 1.89 bits per heavy atom. The molecule has 2 aromatic heterocycles. The molecular formula is C20H18N4O2S. The Morgan fingerprint density at radius 1 is 1.07 bits per heavy atom. The zero-order valence-electron chi connectivity index (χ0n) is 14.8. The molecule has 0 spiro atoms. The van der Waals surface area contributed by atoms with Crippen molar-refractivity contribution in [3.05, 3.63) is 72.9 Å². The van der Waals surface area contributed by atoms with E-state index in [1.807, 2.05) is 72.3 Å². The first-order valence-corrected chi connectivity index (χ1v) is 9.59. The normalized spacial score (nSPS) is 10.9. The molecule has 0 radical (unpaired) electrons. The molecule has 0 aliphatic rings. The number of aromatic nitrogens is 4. The molecule has 4 aromatic rings. The maximum Gasteiger partial charge on any atom is 0.237 e. The first-order chi connectivity index (χ1) is 13.3. The molecule has 2 heterocycles. The van der Waals surface area contributed by atoms with Gasteiger partial charge in [-0.25, -0.2) is 4.98 Å². The summed E-state index contributed by atoms with van der Waals surface area (Å²) in [6.07, 6.45) is 3.73. The van der Waals surface area contributed by atoms with Crippen LogP contribution in [0.25, 0.3) is 17.1 Å². The highest BCUT2D eigenvalue weighted by Crippen LogP contribution is 2.25. The fraction of sp³-hybridized carbons (Fsp3) is 0.150. The molecule has 0 aliphatic heterocycles. The first kappa shape index (κ1) is 17.4. The van der Waals surface area contributed by atoms with Crippen molar-refractivity contribution in [2.75, 3.05) is 6.61 Å². The van der Waals surface area contributed by atoms with Gasteiger partial charge in [0.05, 0.1) is 12.4 Å². The quantitative estimate of drug-likeness (QED) is 0.438. The van der Waals surface area contributed by atoms with Crippen molar-refractivity contribution < 1.29 is 9.26 Å². The zero-order chi connectivity index (χ0) is 18.5. The summed E-state index contributed by atoms with van der Waals surface area (Å²) < 4.78 is 12.9. The molecule has 4 rings (SSSR count). The van der Waals surface area contributed by atoms with Crippen molar-refractivity contribution in [2.24, 2.45) is 0 Å². The van der Waals surface area contributed by atoms with Gasteiger partial charge in [-0.05, 0) is 43.3 Å². The summed E-state index contributed by atoms with van der Waals surface area (Å²) in [5, 5.41) is 4.95. The van der Waals surface area contributed by atoms with Gasteiger partial charge >= 0.3 is 0 Å². The molecule has 27 heavy (non-hydrogen) atoms. The minimum atomic E-state index is 0.549. The van der Waals surface area contributed by atoms with Crippen molar-refractivity contribution in [3.63, 3.8) is 0 Å². The maximum atomic E-state index is 5.45. The molecule has 136 valence electrons. The second-order valence-corrected chi connectivity index (χ2v) is 6.62. The van der Waals surface area contributed by atoms with Crippen LogP contribution in [0, 0.1) is 0 Å². The molecule has 0 atom stereocenters. The van der Waals surface area contributed by atoms with Crippen LogP contribution in [-0.2, 0) is 5.75 Å². The Kier molecular flexibility index (Phi) is 5.20. The van der Waals surface area contributed by atoms with Crippen molar-refractivity contribution in [3.8, 4) is 22.8 Å². The molecule has 6 nitrogen and oxygen atoms in total. The van der Waals surface area contributed by atoms with E-state index in [2.05, 4.69) is 15.1 Å². The predicted molar refractivity (Wildman–Crippen MR) is 104 cm³/mol. The number of nitrogens with zero attached hydrogens (tertiary/aromatic N) is 4. The number of thioether (sulfide) groups is 1. The Labute approximate surface area is 161 Å². The Balaban J connectivity index is 1.44. The number of ether oxygens (including phenoxy) is 1. The zero-order valence-corrected chi connectivity index (χ0v) is 15.6. The van der Waals surface area contributed by atoms with E-state index in [9.17, 15) is 0 Å². The summed E-state index contributed by atoms with van der Waals surface area (Å²) in [6.45, 7) is 2.60. The van der Waals surface area contributed by atoms with Gasteiger partial charge in [-0.1, -0.05) is 35.1 Å². The van der Waals surface area contributed by atoms with Crippen LogP contribution in [0.3, 0.4) is 0 Å². The topological polar surface area (TPSA) is 66.0 Å². The predicted octanol–water partition coefficient (Wildman–Crippen LogP) is 4.61. The average molecular weight is 378 g/mol. The number of benzene rings is 2. The van der Waals surface area contributed by atoms with Gasteiger partial charge in [0, 0.05) is 23.6 Å². The van der Waals surface area contributed by atoms with Crippen molar-refractivity contribution in [1.29, 1.82) is 0 Å². The fourth-order valence-electron chi connectivity index (χ4n) is 2.61. The highest BCUT2D eigenvalue weighted by molar-refractivity contribution is 7.98. The smallest absolute Gasteiger partial charge is 0.237 e. The van der Waals surface area contributed by atoms with E-state index >= 15 is 0 Å². The second-order valence-electron chi connectivity index (χ2n) is 5.67. The Hall–Kier alpha value is -3.06. The van der Waals surface area contributed by atoms with Crippen LogP contribution in [-0.4, -0.2) is 26.3 Å². The monoisotopic (exact) mass is 378 g/mol. The van der Waals surface area contributed by atoms with Crippen LogP contribution in [0.4, 0.5) is 0 Å². The molecule has 7 heteroatoms. The van der Waals surface area contributed by atoms with Crippen LogP contribution in [0.2, 0.25) is 0 Å². The number of para-hydroxylation sites is 1. The van der Waals surface area contributed by atoms with Gasteiger partial charge in [0.1, 0.15) is 5.75 Å². The van der Waals surface area contributed by atoms with Gasteiger partial charge in [-0.15, -0.1) is 0 Å². The van der Waals surface area contributed by atoms with E-state index in [4.69, 9.17) is 9.26 Å². The summed E-state index contributed by atoms with van der Waals surface area (Å²) in [5.41, 5.74) is 1.96. The van der Waals surface area contributed by atoms with Gasteiger partial charge in [0.25, 0.3) is 0 Å². The number of imidazole rings is 1. The Morgan fingerprint density at radius 3 is 2.67 bits per heavy atom. The van der Waals surface area contributed by atoms with Gasteiger partial charge in [-0.3, -0.25) is 4.57 Å². The minimum absolute atomic E-state index is 0.549. The molecule has 0 aliphatic carbocycles. The molecule has 0 amide bonds. The first-order valence-electron chi connectivity index (χ1n) is 8.61. The van der Waals surface area contributed by atoms with Gasteiger partial charge < -0.3 is 9.26 Å². The van der Waals surface area contributed by atoms with Crippen molar-refractivity contribution >= 4 is 11.8 Å². The third kappa shape index (κ3) is 4.03. The molecule has 0 unspecified atom stereocenters. The summed E-state index contributed by atoms with van der Waals surface area (Å²) in [7, 11) is 0. The van der Waals surface area contributed by atoms with E-state index in [-0.39, 0.29) is 0 Å². The summed E-state index contributed by atoms with van der Waals surface area (Å²) in [4.78, 5) is 8.90. The molecule has 0 N–H and O–H groups in total. The van der Waals surface area contributed by atoms with Gasteiger partial charge in [0.2, 0.25) is 11.7 Å². The molecule has 0 bridgehead atoms. The van der Waals surface area contributed by atoms with E-state index in [0.29, 0.717) is 24.1 Å². The van der Waals surface area contributed by atoms with Gasteiger partial charge in [-0.2, -0.15) is 4.98 Å². The van der Waals surface area contributed by atoms with Crippen LogP contribution >= 0.6 is 11.8 Å². The number of hydrogen-bond donors (Lipinski definition) is 0. The van der Waals surface area contributed by atoms with Crippen LogP contribution in [0.5, 0.6) is 5.75 Å². The summed E-state index contributed by atoms with van der Waals surface area (Å²) in [6, 6.07) is 17.7. The molecule has 0 fully saturated rings. The minimum Gasteiger partial charge on any atom is -0.494 e. The maximum absolute atomic E-state index is 5.45. The van der Waals surface area contributed by atoms with Gasteiger partial charge in [0.15, 0.2) is 5.16 Å². The van der Waals surface area contributed by atoms with E-state index < -0.39 is 0 Å². The van der Waals surface area contributed by atoms with Crippen molar-refractivity contribution in [2.45, 2.75) is 17.8 Å². The lowest BCUT2D eigenvalue weighted by molar-refractivity contribution is 0.340. The van der Waals surface area contributed by atoms with E-state index in [1.165, 1.54) is 0 Å². The number of rotatable bonds is 7. The summed E-state index contributed by atoms with van der Waals surface area (Å²) in [5.74, 6) is 2.51. The average Bonchev–Trinajstić information content (AvgIpc) is 3.37. The highest BCUT2D eigenvalue weighted by atomic mass is 32.2. The third-order valence-electron chi connectivity index (χ3n) is 3.86. The Bertz CT molecular complexity index is 996. The molecule has 0 saturated heterocycles. The van der Waals surface area contributed by atoms with E-state index in [0.717, 1.165) is 22.2 Å². The summed E-state index contributed by atoms with van der Waals surface area (Å²) >= 11 is 1.55. The lowest BCUT2D eigenvalue weighted by Gasteiger charge is -2.05. The fourth-order valence-corrected chi connectivity index (χ4v) is 3.42. The van der Waals surface area contributed by atoms with E-state index in [1.54, 1.807) is 18.0 Å².